The molecule has 0 aliphatic rings. The molecule has 3 aromatic rings. The van der Waals surface area contributed by atoms with Gasteiger partial charge >= 0.3 is 0 Å². The lowest BCUT2D eigenvalue weighted by Crippen LogP contribution is -2.37. The van der Waals surface area contributed by atoms with Gasteiger partial charge in [-0.3, -0.25) is 4.79 Å². The summed E-state index contributed by atoms with van der Waals surface area (Å²) in [6.07, 6.45) is -0.922. The molecule has 0 spiro atoms. The van der Waals surface area contributed by atoms with E-state index in [0.717, 1.165) is 9.88 Å². The van der Waals surface area contributed by atoms with Gasteiger partial charge in [0.25, 0.3) is 5.91 Å². The van der Waals surface area contributed by atoms with Crippen molar-refractivity contribution in [2.24, 2.45) is 0 Å². The maximum absolute atomic E-state index is 13.0. The zero-order chi connectivity index (χ0) is 18.0. The molecule has 0 saturated heterocycles. The molecule has 0 saturated carbocycles. The van der Waals surface area contributed by atoms with E-state index in [4.69, 9.17) is 0 Å². The molecule has 0 unspecified atom stereocenters. The van der Waals surface area contributed by atoms with Crippen molar-refractivity contribution in [2.45, 2.75) is 26.0 Å². The summed E-state index contributed by atoms with van der Waals surface area (Å²) in [7, 11) is 0. The van der Waals surface area contributed by atoms with Crippen LogP contribution in [0, 0.1) is 12.7 Å². The van der Waals surface area contributed by atoms with E-state index in [-0.39, 0.29) is 11.7 Å². The minimum Gasteiger partial charge on any atom is -0.386 e. The number of hydrogen-bond acceptors (Lipinski definition) is 5. The van der Waals surface area contributed by atoms with E-state index in [0.29, 0.717) is 16.1 Å². The Morgan fingerprint density at radius 1 is 1.28 bits per heavy atom. The van der Waals surface area contributed by atoms with Crippen molar-refractivity contribution in [1.82, 2.24) is 10.3 Å². The Balaban J connectivity index is 1.72. The summed E-state index contributed by atoms with van der Waals surface area (Å²) in [6.45, 7) is 3.51. The minimum atomic E-state index is -0.922. The van der Waals surface area contributed by atoms with E-state index in [1.54, 1.807) is 25.2 Å². The molecule has 3 rings (SSSR count). The van der Waals surface area contributed by atoms with Crippen molar-refractivity contribution in [2.75, 3.05) is 0 Å². The van der Waals surface area contributed by atoms with E-state index in [2.05, 4.69) is 10.3 Å². The lowest BCUT2D eigenvalue weighted by atomic mass is 10.0. The van der Waals surface area contributed by atoms with Gasteiger partial charge in [-0.1, -0.05) is 18.2 Å². The van der Waals surface area contributed by atoms with Gasteiger partial charge in [-0.25, -0.2) is 9.37 Å². The number of hydrogen-bond donors (Lipinski definition) is 2. The number of nitrogens with zero attached hydrogens (tertiary/aromatic N) is 1. The summed E-state index contributed by atoms with van der Waals surface area (Å²) in [5.41, 5.74) is 1.21. The zero-order valence-electron chi connectivity index (χ0n) is 13.7. The molecule has 1 aromatic carbocycles. The Morgan fingerprint density at radius 2 is 2.00 bits per heavy atom. The smallest absolute Gasteiger partial charge is 0.263 e. The van der Waals surface area contributed by atoms with Crippen LogP contribution in [0.3, 0.4) is 0 Å². The number of halogens is 1. The van der Waals surface area contributed by atoms with Crippen molar-refractivity contribution in [3.05, 3.63) is 63.7 Å². The molecule has 25 heavy (non-hydrogen) atoms. The fraction of sp³-hybridized carbons (Fsp3) is 0.222. The first-order valence-corrected chi connectivity index (χ1v) is 9.41. The highest BCUT2D eigenvalue weighted by Gasteiger charge is 2.22. The van der Waals surface area contributed by atoms with E-state index in [1.807, 2.05) is 17.5 Å². The molecule has 7 heteroatoms. The minimum absolute atomic E-state index is 0.272. The maximum Gasteiger partial charge on any atom is 0.263 e. The number of carbonyl (C=O) groups is 1. The van der Waals surface area contributed by atoms with Gasteiger partial charge in [-0.05, 0) is 43.0 Å². The highest BCUT2D eigenvalue weighted by molar-refractivity contribution is 7.22. The van der Waals surface area contributed by atoms with E-state index in [9.17, 15) is 14.3 Å². The second-order valence-corrected chi connectivity index (χ2v) is 7.62. The van der Waals surface area contributed by atoms with Crippen LogP contribution < -0.4 is 5.32 Å². The van der Waals surface area contributed by atoms with Gasteiger partial charge in [0, 0.05) is 0 Å². The summed E-state index contributed by atoms with van der Waals surface area (Å²) in [5, 5.41) is 15.9. The van der Waals surface area contributed by atoms with Crippen LogP contribution in [0.15, 0.2) is 41.8 Å². The standard InChI is InChI=1S/C18H17FN2O2S2/c1-10(15(22)12-5-7-13(19)8-6-12)20-17(23)16-11(2)21-18(25-16)14-4-3-9-24-14/h3-10,15,22H,1-2H3,(H,20,23)/t10-,15-/m0/s1. The highest BCUT2D eigenvalue weighted by atomic mass is 32.1. The first-order valence-electron chi connectivity index (χ1n) is 7.71. The molecule has 2 aromatic heterocycles. The van der Waals surface area contributed by atoms with Gasteiger partial charge in [-0.15, -0.1) is 22.7 Å². The number of aliphatic hydroxyl groups is 1. The van der Waals surface area contributed by atoms with Gasteiger partial charge in [0.05, 0.1) is 22.7 Å². The molecule has 0 aliphatic heterocycles. The average Bonchev–Trinajstić information content (AvgIpc) is 3.24. The number of nitrogens with one attached hydrogen (secondary N) is 1. The number of aryl methyl sites for hydroxylation is 1. The third-order valence-corrected chi connectivity index (χ3v) is 5.97. The summed E-state index contributed by atoms with van der Waals surface area (Å²) >= 11 is 2.91. The lowest BCUT2D eigenvalue weighted by Gasteiger charge is -2.20. The number of carbonyl (C=O) groups excluding carboxylic acids is 1. The molecule has 0 bridgehead atoms. The predicted octanol–water partition coefficient (Wildman–Crippen LogP) is 4.17. The average molecular weight is 376 g/mol. The Bertz CT molecular complexity index is 860. The molecule has 2 N–H and O–H groups in total. The monoisotopic (exact) mass is 376 g/mol. The molecular formula is C18H17FN2O2S2. The number of benzene rings is 1. The number of rotatable bonds is 5. The second kappa shape index (κ2) is 7.43. The summed E-state index contributed by atoms with van der Waals surface area (Å²) in [4.78, 5) is 18.5. The van der Waals surface area contributed by atoms with Gasteiger partial charge in [0.1, 0.15) is 15.7 Å². The molecule has 2 heterocycles. The largest absolute Gasteiger partial charge is 0.386 e. The van der Waals surface area contributed by atoms with Gasteiger partial charge in [0.2, 0.25) is 0 Å². The van der Waals surface area contributed by atoms with Crippen LogP contribution in [0.2, 0.25) is 0 Å². The Labute approximate surface area is 153 Å². The van der Waals surface area contributed by atoms with Crippen molar-refractivity contribution in [3.8, 4) is 9.88 Å². The molecule has 4 nitrogen and oxygen atoms in total. The molecular weight excluding hydrogens is 359 g/mol. The van der Waals surface area contributed by atoms with Crippen LogP contribution in [0.1, 0.15) is 34.0 Å². The van der Waals surface area contributed by atoms with E-state index < -0.39 is 12.1 Å². The number of aliphatic hydroxyl groups excluding tert-OH is 1. The third-order valence-electron chi connectivity index (χ3n) is 3.78. The van der Waals surface area contributed by atoms with Crippen molar-refractivity contribution in [3.63, 3.8) is 0 Å². The normalized spacial score (nSPS) is 13.4. The third kappa shape index (κ3) is 3.95. The molecule has 0 aliphatic carbocycles. The topological polar surface area (TPSA) is 62.2 Å². The van der Waals surface area contributed by atoms with Crippen molar-refractivity contribution in [1.29, 1.82) is 0 Å². The lowest BCUT2D eigenvalue weighted by molar-refractivity contribution is 0.0855. The molecule has 2 atom stereocenters. The number of aromatic nitrogens is 1. The van der Waals surface area contributed by atoms with Crippen LogP contribution in [0.25, 0.3) is 9.88 Å². The van der Waals surface area contributed by atoms with Crippen molar-refractivity contribution >= 4 is 28.6 Å². The van der Waals surface area contributed by atoms with Gasteiger partial charge < -0.3 is 10.4 Å². The Morgan fingerprint density at radius 3 is 2.64 bits per heavy atom. The Hall–Kier alpha value is -2.09. The quantitative estimate of drug-likeness (QED) is 0.702. The fourth-order valence-electron chi connectivity index (χ4n) is 2.41. The van der Waals surface area contributed by atoms with Crippen LogP contribution in [0.4, 0.5) is 4.39 Å². The summed E-state index contributed by atoms with van der Waals surface area (Å²) < 4.78 is 13.0. The maximum atomic E-state index is 13.0. The molecule has 1 amide bonds. The van der Waals surface area contributed by atoms with Crippen LogP contribution in [-0.2, 0) is 0 Å². The SMILES string of the molecule is Cc1nc(-c2cccs2)sc1C(=O)N[C@@H](C)[C@H](O)c1ccc(F)cc1. The van der Waals surface area contributed by atoms with E-state index in [1.165, 1.54) is 35.6 Å². The second-order valence-electron chi connectivity index (χ2n) is 5.67. The number of thiophene rings is 1. The van der Waals surface area contributed by atoms with E-state index >= 15 is 0 Å². The van der Waals surface area contributed by atoms with Crippen molar-refractivity contribution < 1.29 is 14.3 Å². The van der Waals surface area contributed by atoms with Gasteiger partial charge in [0.15, 0.2) is 0 Å². The van der Waals surface area contributed by atoms with Crippen LogP contribution >= 0.6 is 22.7 Å². The first kappa shape index (κ1) is 17.7. The fourth-order valence-corrected chi connectivity index (χ4v) is 4.18. The predicted molar refractivity (Wildman–Crippen MR) is 98.5 cm³/mol. The number of amides is 1. The molecule has 0 radical (unpaired) electrons. The Kier molecular flexibility index (Phi) is 5.27. The highest BCUT2D eigenvalue weighted by Crippen LogP contribution is 2.31. The molecule has 0 fully saturated rings. The number of thiazole rings is 1. The summed E-state index contributed by atoms with van der Waals surface area (Å²) in [5.74, 6) is -0.638. The molecule has 130 valence electrons. The van der Waals surface area contributed by atoms with Crippen LogP contribution in [-0.4, -0.2) is 22.0 Å². The zero-order valence-corrected chi connectivity index (χ0v) is 15.3. The first-order chi connectivity index (χ1) is 12.0. The summed E-state index contributed by atoms with van der Waals surface area (Å²) in [6, 6.07) is 8.97. The van der Waals surface area contributed by atoms with Gasteiger partial charge in [-0.2, -0.15) is 0 Å². The van der Waals surface area contributed by atoms with Crippen LogP contribution in [0.5, 0.6) is 0 Å².